The van der Waals surface area contributed by atoms with Gasteiger partial charge in [-0.05, 0) is 18.2 Å². The van der Waals surface area contributed by atoms with E-state index in [-0.39, 0.29) is 25.2 Å². The van der Waals surface area contributed by atoms with Gasteiger partial charge in [-0.25, -0.2) is 0 Å². The molecule has 2 aromatic carbocycles. The smallest absolute Gasteiger partial charge is 0.203 e. The Morgan fingerprint density at radius 1 is 1.12 bits per heavy atom. The number of aliphatic hydroxyl groups is 1. The summed E-state index contributed by atoms with van der Waals surface area (Å²) in [5.74, 6) is 1.98. The van der Waals surface area contributed by atoms with Crippen molar-refractivity contribution in [3.8, 4) is 23.0 Å². The van der Waals surface area contributed by atoms with Crippen LogP contribution in [0.5, 0.6) is 23.0 Å². The van der Waals surface area contributed by atoms with Crippen LogP contribution in [0.3, 0.4) is 0 Å². The molecule has 0 spiro atoms. The molecule has 0 fully saturated rings. The van der Waals surface area contributed by atoms with E-state index in [4.69, 9.17) is 18.9 Å². The van der Waals surface area contributed by atoms with Crippen LogP contribution in [0, 0.1) is 0 Å². The molecular weight excluding hydrogens is 339 g/mol. The summed E-state index contributed by atoms with van der Waals surface area (Å²) in [4.78, 5) is 0. The number of aliphatic hydroxyl groups excluding tert-OH is 1. The predicted octanol–water partition coefficient (Wildman–Crippen LogP) is 3.65. The lowest BCUT2D eigenvalue weighted by Crippen LogP contribution is -2.14. The number of ether oxygens (including phenoxy) is 4. The molecule has 1 aliphatic heterocycles. The van der Waals surface area contributed by atoms with Crippen LogP contribution in [0.4, 0.5) is 4.39 Å². The van der Waals surface area contributed by atoms with Crippen LogP contribution in [0.1, 0.15) is 29.6 Å². The number of fused-ring (bicyclic) bond motifs is 1. The zero-order valence-corrected chi connectivity index (χ0v) is 14.9. The molecule has 26 heavy (non-hydrogen) atoms. The van der Waals surface area contributed by atoms with Crippen molar-refractivity contribution in [3.63, 3.8) is 0 Å². The average Bonchev–Trinajstić information content (AvgIpc) is 3.06. The fourth-order valence-corrected chi connectivity index (χ4v) is 3.21. The number of alkyl halides is 1. The molecule has 0 saturated carbocycles. The fourth-order valence-electron chi connectivity index (χ4n) is 3.21. The molecule has 0 amide bonds. The maximum absolute atomic E-state index is 12.4. The van der Waals surface area contributed by atoms with Crippen LogP contribution in [-0.4, -0.2) is 39.2 Å². The monoisotopic (exact) mass is 362 g/mol. The predicted molar refractivity (Wildman–Crippen MR) is 95.3 cm³/mol. The van der Waals surface area contributed by atoms with E-state index in [1.807, 2.05) is 36.4 Å². The van der Waals surface area contributed by atoms with Gasteiger partial charge in [-0.15, -0.1) is 0 Å². The summed E-state index contributed by atoms with van der Waals surface area (Å²) in [6, 6.07) is 11.3. The summed E-state index contributed by atoms with van der Waals surface area (Å²) >= 11 is 0. The average molecular weight is 362 g/mol. The Morgan fingerprint density at radius 2 is 1.81 bits per heavy atom. The summed E-state index contributed by atoms with van der Waals surface area (Å²) in [5, 5.41) is 9.89. The standard InChI is InChI=1S/C20H23FO5/c1-23-17-10-13(11-18(24-2)20(17)25-9-5-8-21)19-15(12-22)14-6-3-4-7-16(14)26-19/h3-4,6-7,10-11,15,19,22H,5,8-9,12H2,1-2H3. The third kappa shape index (κ3) is 3.42. The number of hydrogen-bond acceptors (Lipinski definition) is 5. The third-order valence-corrected chi connectivity index (χ3v) is 4.47. The van der Waals surface area contributed by atoms with Gasteiger partial charge in [0.15, 0.2) is 11.5 Å². The molecule has 0 aliphatic carbocycles. The molecule has 3 rings (SSSR count). The lowest BCUT2D eigenvalue weighted by molar-refractivity contribution is 0.159. The van der Waals surface area contributed by atoms with Gasteiger partial charge < -0.3 is 24.1 Å². The van der Waals surface area contributed by atoms with Crippen molar-refractivity contribution in [3.05, 3.63) is 47.5 Å². The number of benzene rings is 2. The second kappa shape index (κ2) is 8.27. The highest BCUT2D eigenvalue weighted by Gasteiger charge is 2.36. The topological polar surface area (TPSA) is 57.2 Å². The van der Waals surface area contributed by atoms with Gasteiger partial charge in [0.25, 0.3) is 0 Å². The molecule has 0 aromatic heterocycles. The molecule has 2 aromatic rings. The fraction of sp³-hybridized carbons (Fsp3) is 0.400. The van der Waals surface area contributed by atoms with Gasteiger partial charge in [-0.3, -0.25) is 4.39 Å². The van der Waals surface area contributed by atoms with Crippen molar-refractivity contribution < 1.29 is 28.4 Å². The van der Waals surface area contributed by atoms with Gasteiger partial charge in [-0.2, -0.15) is 0 Å². The Labute approximate surface area is 152 Å². The first-order chi connectivity index (χ1) is 12.7. The van der Waals surface area contributed by atoms with Crippen LogP contribution in [0.2, 0.25) is 0 Å². The Morgan fingerprint density at radius 3 is 2.42 bits per heavy atom. The van der Waals surface area contributed by atoms with Crippen molar-refractivity contribution in [2.75, 3.05) is 34.1 Å². The van der Waals surface area contributed by atoms with E-state index in [1.165, 1.54) is 14.2 Å². The zero-order valence-electron chi connectivity index (χ0n) is 14.9. The first-order valence-electron chi connectivity index (χ1n) is 8.54. The molecule has 6 heteroatoms. The van der Waals surface area contributed by atoms with Crippen molar-refractivity contribution in [2.24, 2.45) is 0 Å². The summed E-state index contributed by atoms with van der Waals surface area (Å²) in [6.45, 7) is -0.261. The molecule has 0 saturated heterocycles. The normalized spacial score (nSPS) is 18.2. The van der Waals surface area contributed by atoms with Crippen LogP contribution >= 0.6 is 0 Å². The van der Waals surface area contributed by atoms with Crippen molar-refractivity contribution in [1.29, 1.82) is 0 Å². The summed E-state index contributed by atoms with van der Waals surface area (Å²) in [7, 11) is 3.07. The molecule has 0 radical (unpaired) electrons. The maximum atomic E-state index is 12.4. The van der Waals surface area contributed by atoms with Crippen molar-refractivity contribution in [1.82, 2.24) is 0 Å². The maximum Gasteiger partial charge on any atom is 0.203 e. The number of halogens is 1. The molecule has 1 aliphatic rings. The quantitative estimate of drug-likeness (QED) is 0.727. The first-order valence-corrected chi connectivity index (χ1v) is 8.54. The van der Waals surface area contributed by atoms with E-state index >= 15 is 0 Å². The Hall–Kier alpha value is -2.47. The highest BCUT2D eigenvalue weighted by atomic mass is 19.1. The highest BCUT2D eigenvalue weighted by molar-refractivity contribution is 5.56. The molecule has 2 unspecified atom stereocenters. The molecule has 140 valence electrons. The van der Waals surface area contributed by atoms with Crippen LogP contribution in [0.15, 0.2) is 36.4 Å². The number of hydrogen-bond donors (Lipinski definition) is 1. The summed E-state index contributed by atoms with van der Waals surface area (Å²) in [5.41, 5.74) is 1.79. The molecule has 2 atom stereocenters. The van der Waals surface area contributed by atoms with Gasteiger partial charge in [0.05, 0.1) is 40.0 Å². The molecule has 5 nitrogen and oxygen atoms in total. The Balaban J connectivity index is 1.96. The zero-order chi connectivity index (χ0) is 18.5. The molecular formula is C20H23FO5. The van der Waals surface area contributed by atoms with Crippen LogP contribution in [-0.2, 0) is 0 Å². The van der Waals surface area contributed by atoms with Crippen molar-refractivity contribution >= 4 is 0 Å². The Kier molecular flexibility index (Phi) is 5.83. The summed E-state index contributed by atoms with van der Waals surface area (Å²) < 4.78 is 35.0. The van der Waals surface area contributed by atoms with Gasteiger partial charge >= 0.3 is 0 Å². The molecule has 1 N–H and O–H groups in total. The van der Waals surface area contributed by atoms with Crippen LogP contribution < -0.4 is 18.9 Å². The molecule has 0 bridgehead atoms. The lowest BCUT2D eigenvalue weighted by Gasteiger charge is -2.21. The SMILES string of the molecule is COc1cc(C2Oc3ccccc3C2CO)cc(OC)c1OCCCF. The second-order valence-electron chi connectivity index (χ2n) is 6.01. The van der Waals surface area contributed by atoms with E-state index < -0.39 is 6.67 Å². The van der Waals surface area contributed by atoms with E-state index in [0.717, 1.165) is 16.9 Å². The highest BCUT2D eigenvalue weighted by Crippen LogP contribution is 2.49. The third-order valence-electron chi connectivity index (χ3n) is 4.47. The summed E-state index contributed by atoms with van der Waals surface area (Å²) in [6.07, 6.45) is -0.0677. The minimum Gasteiger partial charge on any atom is -0.493 e. The van der Waals surface area contributed by atoms with Crippen LogP contribution in [0.25, 0.3) is 0 Å². The van der Waals surface area contributed by atoms with Gasteiger partial charge in [0.1, 0.15) is 11.9 Å². The van der Waals surface area contributed by atoms with Gasteiger partial charge in [0, 0.05) is 17.5 Å². The van der Waals surface area contributed by atoms with E-state index in [1.54, 1.807) is 0 Å². The van der Waals surface area contributed by atoms with E-state index in [2.05, 4.69) is 0 Å². The lowest BCUT2D eigenvalue weighted by atomic mass is 9.91. The minimum atomic E-state index is -0.449. The Bertz CT molecular complexity index is 724. The van der Waals surface area contributed by atoms with Gasteiger partial charge in [0.2, 0.25) is 5.75 Å². The van der Waals surface area contributed by atoms with Crippen molar-refractivity contribution in [2.45, 2.75) is 18.4 Å². The number of rotatable bonds is 8. The van der Waals surface area contributed by atoms with Gasteiger partial charge in [-0.1, -0.05) is 18.2 Å². The minimum absolute atomic E-state index is 0.0406. The van der Waals surface area contributed by atoms with E-state index in [9.17, 15) is 9.50 Å². The molecule has 1 heterocycles. The van der Waals surface area contributed by atoms with E-state index in [0.29, 0.717) is 23.7 Å². The second-order valence-corrected chi connectivity index (χ2v) is 6.01. The number of methoxy groups -OCH3 is 2. The first kappa shape index (κ1) is 18.3. The number of para-hydroxylation sites is 1. The largest absolute Gasteiger partial charge is 0.493 e.